The molecule has 5 heteroatoms. The van der Waals surface area contributed by atoms with E-state index in [-0.39, 0.29) is 5.91 Å². The van der Waals surface area contributed by atoms with Crippen LogP contribution in [0.25, 0.3) is 10.9 Å². The molecule has 1 aromatic carbocycles. The van der Waals surface area contributed by atoms with Gasteiger partial charge in [-0.15, -0.1) is 0 Å². The fraction of sp³-hybridized carbons (Fsp3) is 0.231. The Morgan fingerprint density at radius 1 is 1.44 bits per heavy atom. The van der Waals surface area contributed by atoms with Crippen LogP contribution >= 0.6 is 15.9 Å². The number of para-hydroxylation sites is 1. The summed E-state index contributed by atoms with van der Waals surface area (Å²) in [6.45, 7) is 0.354. The predicted octanol–water partition coefficient (Wildman–Crippen LogP) is 2.50. The number of carbonyl (C=O) groups excluding carboxylic acids is 1. The number of anilines is 1. The lowest BCUT2D eigenvalue weighted by Gasteiger charge is -2.11. The van der Waals surface area contributed by atoms with Crippen LogP contribution in [0, 0.1) is 0 Å². The number of amides is 1. The molecule has 0 aliphatic rings. The minimum Gasteiger partial charge on any atom is -0.323 e. The molecule has 0 atom stereocenters. The minimum absolute atomic E-state index is 0.0442. The Balaban J connectivity index is 2.31. The third kappa shape index (κ3) is 3.05. The normalized spacial score (nSPS) is 10.9. The Bertz CT molecular complexity index is 583. The molecule has 0 bridgehead atoms. The summed E-state index contributed by atoms with van der Waals surface area (Å²) in [5, 5.41) is 3.87. The van der Waals surface area contributed by atoms with E-state index in [1.807, 2.05) is 43.3 Å². The molecule has 0 saturated heterocycles. The van der Waals surface area contributed by atoms with Gasteiger partial charge in [0.15, 0.2) is 0 Å². The molecule has 0 unspecified atom stereocenters. The van der Waals surface area contributed by atoms with E-state index < -0.39 is 0 Å². The molecule has 2 rings (SSSR count). The van der Waals surface area contributed by atoms with Crippen molar-refractivity contribution in [2.75, 3.05) is 26.0 Å². The van der Waals surface area contributed by atoms with Crippen LogP contribution in [-0.2, 0) is 4.79 Å². The van der Waals surface area contributed by atoms with Crippen molar-refractivity contribution < 1.29 is 4.79 Å². The summed E-state index contributed by atoms with van der Waals surface area (Å²) in [5.74, 6) is -0.0442. The molecule has 0 saturated carbocycles. The van der Waals surface area contributed by atoms with E-state index in [0.29, 0.717) is 6.54 Å². The van der Waals surface area contributed by atoms with Gasteiger partial charge in [-0.2, -0.15) is 0 Å². The van der Waals surface area contributed by atoms with Gasteiger partial charge in [-0.1, -0.05) is 12.1 Å². The van der Waals surface area contributed by atoms with Crippen LogP contribution in [0.1, 0.15) is 0 Å². The van der Waals surface area contributed by atoms with Crippen molar-refractivity contribution in [3.05, 3.63) is 34.9 Å². The van der Waals surface area contributed by atoms with Crippen molar-refractivity contribution in [2.24, 2.45) is 0 Å². The van der Waals surface area contributed by atoms with Gasteiger partial charge in [0.2, 0.25) is 5.91 Å². The molecule has 0 aliphatic heterocycles. The van der Waals surface area contributed by atoms with Crippen molar-refractivity contribution in [1.82, 2.24) is 9.88 Å². The van der Waals surface area contributed by atoms with Crippen LogP contribution < -0.4 is 5.32 Å². The molecule has 18 heavy (non-hydrogen) atoms. The summed E-state index contributed by atoms with van der Waals surface area (Å²) in [6.07, 6.45) is 1.73. The van der Waals surface area contributed by atoms with E-state index in [0.717, 1.165) is 21.1 Å². The molecule has 1 aromatic heterocycles. The molecule has 2 aromatic rings. The smallest absolute Gasteiger partial charge is 0.238 e. The van der Waals surface area contributed by atoms with Gasteiger partial charge >= 0.3 is 0 Å². The zero-order valence-electron chi connectivity index (χ0n) is 10.3. The second-order valence-corrected chi connectivity index (χ2v) is 5.23. The number of rotatable bonds is 3. The number of hydrogen-bond donors (Lipinski definition) is 1. The first-order valence-electron chi connectivity index (χ1n) is 5.55. The topological polar surface area (TPSA) is 45.2 Å². The first kappa shape index (κ1) is 13.0. The van der Waals surface area contributed by atoms with E-state index in [1.165, 1.54) is 0 Å². The number of halogens is 1. The number of carbonyl (C=O) groups is 1. The minimum atomic E-state index is -0.0442. The van der Waals surface area contributed by atoms with Gasteiger partial charge in [-0.3, -0.25) is 9.78 Å². The van der Waals surface area contributed by atoms with Crippen molar-refractivity contribution >= 4 is 38.4 Å². The molecule has 0 radical (unpaired) electrons. The molecular formula is C13H14BrN3O. The van der Waals surface area contributed by atoms with Gasteiger partial charge in [0, 0.05) is 16.1 Å². The number of hydrogen-bond acceptors (Lipinski definition) is 3. The van der Waals surface area contributed by atoms with Crippen LogP contribution in [-0.4, -0.2) is 36.4 Å². The van der Waals surface area contributed by atoms with Crippen molar-refractivity contribution in [1.29, 1.82) is 0 Å². The first-order valence-corrected chi connectivity index (χ1v) is 6.34. The summed E-state index contributed by atoms with van der Waals surface area (Å²) in [5.41, 5.74) is 1.54. The molecular weight excluding hydrogens is 294 g/mol. The van der Waals surface area contributed by atoms with Crippen LogP contribution in [0.4, 0.5) is 5.69 Å². The Labute approximate surface area is 114 Å². The highest BCUT2D eigenvalue weighted by Gasteiger charge is 2.07. The lowest BCUT2D eigenvalue weighted by molar-refractivity contribution is -0.116. The fourth-order valence-corrected chi connectivity index (χ4v) is 2.06. The van der Waals surface area contributed by atoms with E-state index in [4.69, 9.17) is 0 Å². The summed E-state index contributed by atoms with van der Waals surface area (Å²) in [4.78, 5) is 17.9. The zero-order valence-corrected chi connectivity index (χ0v) is 11.9. The molecule has 1 heterocycles. The number of likely N-dealkylation sites (N-methyl/N-ethyl adjacent to an activating group) is 1. The molecule has 0 fully saturated rings. The third-order valence-electron chi connectivity index (χ3n) is 2.41. The maximum absolute atomic E-state index is 11.7. The molecule has 0 spiro atoms. The molecule has 1 N–H and O–H groups in total. The van der Waals surface area contributed by atoms with Crippen LogP contribution in [0.3, 0.4) is 0 Å². The van der Waals surface area contributed by atoms with E-state index >= 15 is 0 Å². The number of fused-ring (bicyclic) bond motifs is 1. The van der Waals surface area contributed by atoms with Gasteiger partial charge in [0.05, 0.1) is 17.7 Å². The Hall–Kier alpha value is -1.46. The fourth-order valence-electron chi connectivity index (χ4n) is 1.71. The summed E-state index contributed by atoms with van der Waals surface area (Å²) in [7, 11) is 3.72. The van der Waals surface area contributed by atoms with Crippen LogP contribution in [0.2, 0.25) is 0 Å². The van der Waals surface area contributed by atoms with E-state index in [2.05, 4.69) is 26.2 Å². The van der Waals surface area contributed by atoms with Crippen LogP contribution in [0.15, 0.2) is 34.9 Å². The largest absolute Gasteiger partial charge is 0.323 e. The van der Waals surface area contributed by atoms with Gasteiger partial charge in [0.25, 0.3) is 0 Å². The highest BCUT2D eigenvalue weighted by atomic mass is 79.9. The number of nitrogens with zero attached hydrogens (tertiary/aromatic N) is 2. The van der Waals surface area contributed by atoms with E-state index in [9.17, 15) is 4.79 Å². The van der Waals surface area contributed by atoms with Gasteiger partial charge in [0.1, 0.15) is 0 Å². The number of nitrogens with one attached hydrogen (secondary N) is 1. The number of aromatic nitrogens is 1. The first-order chi connectivity index (χ1) is 8.56. The van der Waals surface area contributed by atoms with Crippen molar-refractivity contribution in [2.45, 2.75) is 0 Å². The van der Waals surface area contributed by atoms with Crippen LogP contribution in [0.5, 0.6) is 0 Å². The summed E-state index contributed by atoms with van der Waals surface area (Å²) in [6, 6.07) is 7.71. The Kier molecular flexibility index (Phi) is 3.93. The van der Waals surface area contributed by atoms with Gasteiger partial charge < -0.3 is 10.2 Å². The average molecular weight is 308 g/mol. The standard InChI is InChI=1S/C13H14BrN3O/c1-17(2)8-12(18)16-11-5-3-4-9-6-10(14)7-15-13(9)11/h3-7H,8H2,1-2H3,(H,16,18). The molecule has 0 aliphatic carbocycles. The zero-order chi connectivity index (χ0) is 13.1. The Morgan fingerprint density at radius 3 is 2.94 bits per heavy atom. The molecule has 1 amide bonds. The highest BCUT2D eigenvalue weighted by molar-refractivity contribution is 9.10. The maximum Gasteiger partial charge on any atom is 0.238 e. The highest BCUT2D eigenvalue weighted by Crippen LogP contribution is 2.23. The van der Waals surface area contributed by atoms with E-state index in [1.54, 1.807) is 6.20 Å². The predicted molar refractivity (Wildman–Crippen MR) is 76.6 cm³/mol. The molecule has 94 valence electrons. The number of pyridine rings is 1. The summed E-state index contributed by atoms with van der Waals surface area (Å²) >= 11 is 3.38. The van der Waals surface area contributed by atoms with Gasteiger partial charge in [-0.25, -0.2) is 0 Å². The quantitative estimate of drug-likeness (QED) is 0.947. The Morgan fingerprint density at radius 2 is 2.22 bits per heavy atom. The van der Waals surface area contributed by atoms with Crippen molar-refractivity contribution in [3.8, 4) is 0 Å². The lowest BCUT2D eigenvalue weighted by Crippen LogP contribution is -2.27. The van der Waals surface area contributed by atoms with Gasteiger partial charge in [-0.05, 0) is 42.2 Å². The lowest BCUT2D eigenvalue weighted by atomic mass is 10.2. The summed E-state index contributed by atoms with van der Waals surface area (Å²) < 4.78 is 0.923. The van der Waals surface area contributed by atoms with Crippen molar-refractivity contribution in [3.63, 3.8) is 0 Å². The second kappa shape index (κ2) is 5.46. The SMILES string of the molecule is CN(C)CC(=O)Nc1cccc2cc(Br)cnc12. The molecule has 4 nitrogen and oxygen atoms in total. The monoisotopic (exact) mass is 307 g/mol. The maximum atomic E-state index is 11.7. The number of benzene rings is 1. The average Bonchev–Trinajstić information content (AvgIpc) is 2.27. The third-order valence-corrected chi connectivity index (χ3v) is 2.85. The second-order valence-electron chi connectivity index (χ2n) is 4.32.